The van der Waals surface area contributed by atoms with Crippen LogP contribution < -0.4 is 5.73 Å². The number of nitrogens with two attached hydrogens (primary N) is 1. The lowest BCUT2D eigenvalue weighted by molar-refractivity contribution is 0.256. The van der Waals surface area contributed by atoms with Crippen LogP contribution in [0.25, 0.3) is 11.0 Å². The molecule has 0 unspecified atom stereocenters. The maximum absolute atomic E-state index is 6.11. The molecule has 3 rings (SSSR count). The number of anilines is 1. The van der Waals surface area contributed by atoms with Crippen LogP contribution in [-0.4, -0.2) is 35.0 Å². The van der Waals surface area contributed by atoms with E-state index in [1.54, 1.807) is 0 Å². The number of hydrogen-bond donors (Lipinski definition) is 2. The van der Waals surface area contributed by atoms with Crippen molar-refractivity contribution in [2.75, 3.05) is 25.9 Å². The van der Waals surface area contributed by atoms with Gasteiger partial charge < -0.3 is 15.6 Å². The van der Waals surface area contributed by atoms with Gasteiger partial charge in [0, 0.05) is 11.8 Å². The van der Waals surface area contributed by atoms with Crippen molar-refractivity contribution in [1.29, 1.82) is 0 Å². The second-order valence-electron chi connectivity index (χ2n) is 4.93. The summed E-state index contributed by atoms with van der Waals surface area (Å²) in [4.78, 5) is 10.1. The van der Waals surface area contributed by atoms with E-state index in [-0.39, 0.29) is 0 Å². The number of likely N-dealkylation sites (tertiary alicyclic amines) is 1. The van der Waals surface area contributed by atoms with Crippen molar-refractivity contribution in [1.82, 2.24) is 14.9 Å². The minimum atomic E-state index is 0.551. The van der Waals surface area contributed by atoms with Crippen LogP contribution in [0.3, 0.4) is 0 Å². The second kappa shape index (κ2) is 4.04. The van der Waals surface area contributed by atoms with Crippen LogP contribution in [0, 0.1) is 0 Å². The van der Waals surface area contributed by atoms with Crippen molar-refractivity contribution in [2.24, 2.45) is 0 Å². The second-order valence-corrected chi connectivity index (χ2v) is 4.93. The molecule has 1 fully saturated rings. The Morgan fingerprint density at radius 1 is 1.41 bits per heavy atom. The molecule has 0 radical (unpaired) electrons. The standard InChI is InChI=1S/C13H18N4/c1-17-7-4-9(5-8-17)11-12-10(16-13(11)14)3-2-6-15-12/h2-3,6,9,16H,4-5,7-8,14H2,1H3. The van der Waals surface area contributed by atoms with Crippen LogP contribution >= 0.6 is 0 Å². The van der Waals surface area contributed by atoms with Crippen molar-refractivity contribution >= 4 is 16.9 Å². The van der Waals surface area contributed by atoms with Crippen LogP contribution in [0.2, 0.25) is 0 Å². The Labute approximate surface area is 101 Å². The molecule has 1 aliphatic heterocycles. The monoisotopic (exact) mass is 230 g/mol. The van der Waals surface area contributed by atoms with E-state index in [1.807, 2.05) is 18.3 Å². The molecule has 0 aliphatic carbocycles. The summed E-state index contributed by atoms with van der Waals surface area (Å²) in [5.74, 6) is 1.35. The zero-order valence-electron chi connectivity index (χ0n) is 10.1. The Morgan fingerprint density at radius 3 is 2.94 bits per heavy atom. The van der Waals surface area contributed by atoms with E-state index in [9.17, 15) is 0 Å². The van der Waals surface area contributed by atoms with Gasteiger partial charge in [0.1, 0.15) is 5.82 Å². The van der Waals surface area contributed by atoms with Crippen molar-refractivity contribution in [3.63, 3.8) is 0 Å². The van der Waals surface area contributed by atoms with E-state index >= 15 is 0 Å². The number of aromatic amines is 1. The molecule has 2 aromatic heterocycles. The Hall–Kier alpha value is -1.55. The maximum Gasteiger partial charge on any atom is 0.106 e. The molecular weight excluding hydrogens is 212 g/mol. The lowest BCUT2D eigenvalue weighted by Crippen LogP contribution is -2.29. The number of pyridine rings is 1. The summed E-state index contributed by atoms with van der Waals surface area (Å²) >= 11 is 0. The molecule has 0 bridgehead atoms. The van der Waals surface area contributed by atoms with Crippen molar-refractivity contribution in [3.05, 3.63) is 23.9 Å². The number of rotatable bonds is 1. The third-order valence-electron chi connectivity index (χ3n) is 3.75. The van der Waals surface area contributed by atoms with Gasteiger partial charge in [-0.3, -0.25) is 4.98 Å². The van der Waals surface area contributed by atoms with Crippen LogP contribution in [0.5, 0.6) is 0 Å². The van der Waals surface area contributed by atoms with Crippen LogP contribution in [0.15, 0.2) is 18.3 Å². The van der Waals surface area contributed by atoms with Gasteiger partial charge >= 0.3 is 0 Å². The minimum absolute atomic E-state index is 0.551. The molecule has 0 spiro atoms. The molecule has 0 aromatic carbocycles. The lowest BCUT2D eigenvalue weighted by atomic mass is 9.90. The van der Waals surface area contributed by atoms with Gasteiger partial charge in [-0.25, -0.2) is 0 Å². The number of nitrogens with one attached hydrogen (secondary N) is 1. The Balaban J connectivity index is 2.02. The molecule has 17 heavy (non-hydrogen) atoms. The first-order valence-corrected chi connectivity index (χ1v) is 6.16. The number of aromatic nitrogens is 2. The quantitative estimate of drug-likeness (QED) is 0.787. The molecule has 90 valence electrons. The summed E-state index contributed by atoms with van der Waals surface area (Å²) in [5.41, 5.74) is 9.45. The largest absolute Gasteiger partial charge is 0.385 e. The van der Waals surface area contributed by atoms with Crippen molar-refractivity contribution < 1.29 is 0 Å². The predicted octanol–water partition coefficient (Wildman–Crippen LogP) is 1.95. The first-order valence-electron chi connectivity index (χ1n) is 6.16. The van der Waals surface area contributed by atoms with E-state index < -0.39 is 0 Å². The smallest absolute Gasteiger partial charge is 0.106 e. The minimum Gasteiger partial charge on any atom is -0.385 e. The average Bonchev–Trinajstić information content (AvgIpc) is 2.66. The molecule has 0 amide bonds. The molecular formula is C13H18N4. The third kappa shape index (κ3) is 1.78. The van der Waals surface area contributed by atoms with E-state index in [0.29, 0.717) is 5.92 Å². The maximum atomic E-state index is 6.11. The van der Waals surface area contributed by atoms with Gasteiger partial charge in [0.2, 0.25) is 0 Å². The van der Waals surface area contributed by atoms with E-state index in [0.717, 1.165) is 29.9 Å². The molecule has 4 heteroatoms. The molecule has 1 aliphatic rings. The van der Waals surface area contributed by atoms with Crippen LogP contribution in [-0.2, 0) is 0 Å². The lowest BCUT2D eigenvalue weighted by Gasteiger charge is -2.28. The van der Waals surface area contributed by atoms with Crippen molar-refractivity contribution in [2.45, 2.75) is 18.8 Å². The summed E-state index contributed by atoms with van der Waals surface area (Å²) in [6.45, 7) is 2.28. The number of piperidine rings is 1. The topological polar surface area (TPSA) is 57.9 Å². The molecule has 2 aromatic rings. The Bertz CT molecular complexity index is 523. The molecule has 1 saturated heterocycles. The predicted molar refractivity (Wildman–Crippen MR) is 70.0 cm³/mol. The highest BCUT2D eigenvalue weighted by atomic mass is 15.1. The normalized spacial score (nSPS) is 18.9. The summed E-state index contributed by atoms with van der Waals surface area (Å²) in [6, 6.07) is 3.98. The van der Waals surface area contributed by atoms with Gasteiger partial charge in [0.05, 0.1) is 11.0 Å². The van der Waals surface area contributed by atoms with Gasteiger partial charge in [-0.05, 0) is 51.0 Å². The first kappa shape index (κ1) is 10.6. The molecule has 0 saturated carbocycles. The molecule has 4 nitrogen and oxygen atoms in total. The van der Waals surface area contributed by atoms with Gasteiger partial charge in [0.25, 0.3) is 0 Å². The van der Waals surface area contributed by atoms with E-state index in [2.05, 4.69) is 21.9 Å². The van der Waals surface area contributed by atoms with Crippen LogP contribution in [0.4, 0.5) is 5.82 Å². The first-order chi connectivity index (χ1) is 8.25. The van der Waals surface area contributed by atoms with Gasteiger partial charge in [-0.1, -0.05) is 0 Å². The molecule has 3 N–H and O–H groups in total. The van der Waals surface area contributed by atoms with Gasteiger partial charge in [-0.2, -0.15) is 0 Å². The average molecular weight is 230 g/mol. The van der Waals surface area contributed by atoms with E-state index in [1.165, 1.54) is 18.4 Å². The highest BCUT2D eigenvalue weighted by Gasteiger charge is 2.24. The van der Waals surface area contributed by atoms with Gasteiger partial charge in [0.15, 0.2) is 0 Å². The number of nitrogens with zero attached hydrogens (tertiary/aromatic N) is 2. The number of hydrogen-bond acceptors (Lipinski definition) is 3. The highest BCUT2D eigenvalue weighted by molar-refractivity contribution is 5.85. The fourth-order valence-electron chi connectivity index (χ4n) is 2.77. The summed E-state index contributed by atoms with van der Waals surface area (Å²) in [6.07, 6.45) is 4.18. The number of H-pyrrole nitrogens is 1. The number of fused-ring (bicyclic) bond motifs is 1. The van der Waals surface area contributed by atoms with E-state index in [4.69, 9.17) is 5.73 Å². The summed E-state index contributed by atoms with van der Waals surface area (Å²) in [5, 5.41) is 0. The SMILES string of the molecule is CN1CCC(c2c(N)[nH]c3cccnc23)CC1. The fraction of sp³-hybridized carbons (Fsp3) is 0.462. The van der Waals surface area contributed by atoms with Gasteiger partial charge in [-0.15, -0.1) is 0 Å². The Morgan fingerprint density at radius 2 is 2.18 bits per heavy atom. The summed E-state index contributed by atoms with van der Waals surface area (Å²) < 4.78 is 0. The molecule has 0 atom stereocenters. The fourth-order valence-corrected chi connectivity index (χ4v) is 2.77. The van der Waals surface area contributed by atoms with Crippen LogP contribution in [0.1, 0.15) is 24.3 Å². The highest BCUT2D eigenvalue weighted by Crippen LogP contribution is 2.35. The zero-order chi connectivity index (χ0) is 11.8. The molecule has 3 heterocycles. The zero-order valence-corrected chi connectivity index (χ0v) is 10.1. The summed E-state index contributed by atoms with van der Waals surface area (Å²) in [7, 11) is 2.17. The third-order valence-corrected chi connectivity index (χ3v) is 3.75. The Kier molecular flexibility index (Phi) is 2.52. The number of nitrogen functional groups attached to an aromatic ring is 1. The van der Waals surface area contributed by atoms with Crippen molar-refractivity contribution in [3.8, 4) is 0 Å².